The molecule has 2 aromatic carbocycles. The number of carbonyl (C=O) groups is 1. The number of carbonyl (C=O) groups excluding carboxylic acids is 1. The molecule has 1 amide bonds. The maximum atomic E-state index is 12.7. The maximum absolute atomic E-state index is 12.7. The highest BCUT2D eigenvalue weighted by Crippen LogP contribution is 2.29. The van der Waals surface area contributed by atoms with E-state index in [1.54, 1.807) is 36.5 Å². The molecular formula is C25H22N4O3. The highest BCUT2D eigenvalue weighted by molar-refractivity contribution is 6.03. The standard InChI is InChI=1S/C25H22N4O3/c1-17-6-9-19(10-7-17)27-28-22-15-18(2)8-12-21(22)26-25(31)23-13-11-20(32-23)16-29-14-4-3-5-24(29)30/h3-15H,16H2,1-2H3,(H,26,31). The van der Waals surface area contributed by atoms with Crippen LogP contribution in [0.25, 0.3) is 0 Å². The number of hydrogen-bond donors (Lipinski definition) is 1. The smallest absolute Gasteiger partial charge is 0.291 e. The Balaban J connectivity index is 1.51. The second-order valence-electron chi connectivity index (χ2n) is 7.44. The van der Waals surface area contributed by atoms with Crippen molar-refractivity contribution in [3.05, 3.63) is 112 Å². The number of nitrogens with zero attached hydrogens (tertiary/aromatic N) is 3. The first-order valence-corrected chi connectivity index (χ1v) is 10.1. The van der Waals surface area contributed by atoms with Gasteiger partial charge in [-0.05, 0) is 61.9 Å². The van der Waals surface area contributed by atoms with Gasteiger partial charge in [-0.25, -0.2) is 0 Å². The predicted molar refractivity (Wildman–Crippen MR) is 123 cm³/mol. The molecule has 160 valence electrons. The van der Waals surface area contributed by atoms with Crippen molar-refractivity contribution in [3.8, 4) is 0 Å². The largest absolute Gasteiger partial charge is 0.454 e. The topological polar surface area (TPSA) is 89.0 Å². The summed E-state index contributed by atoms with van der Waals surface area (Å²) in [6, 6.07) is 21.4. The molecule has 2 heterocycles. The van der Waals surface area contributed by atoms with Gasteiger partial charge in [-0.1, -0.05) is 29.8 Å². The fourth-order valence-electron chi connectivity index (χ4n) is 3.08. The summed E-state index contributed by atoms with van der Waals surface area (Å²) in [4.78, 5) is 24.6. The number of hydrogen-bond acceptors (Lipinski definition) is 5. The summed E-state index contributed by atoms with van der Waals surface area (Å²) in [5, 5.41) is 11.4. The van der Waals surface area contributed by atoms with Gasteiger partial charge in [-0.15, -0.1) is 5.11 Å². The van der Waals surface area contributed by atoms with Crippen LogP contribution in [0.3, 0.4) is 0 Å². The van der Waals surface area contributed by atoms with Crippen molar-refractivity contribution in [2.45, 2.75) is 20.4 Å². The van der Waals surface area contributed by atoms with Crippen LogP contribution in [0, 0.1) is 13.8 Å². The molecule has 0 radical (unpaired) electrons. The van der Waals surface area contributed by atoms with E-state index >= 15 is 0 Å². The number of azo groups is 1. The Hall–Kier alpha value is -4.26. The third kappa shape index (κ3) is 5.07. The summed E-state index contributed by atoms with van der Waals surface area (Å²) >= 11 is 0. The van der Waals surface area contributed by atoms with E-state index < -0.39 is 5.91 Å². The lowest BCUT2D eigenvalue weighted by molar-refractivity contribution is 0.0995. The summed E-state index contributed by atoms with van der Waals surface area (Å²) in [5.41, 5.74) is 3.78. The zero-order valence-electron chi connectivity index (χ0n) is 17.8. The first kappa shape index (κ1) is 21.0. The van der Waals surface area contributed by atoms with Gasteiger partial charge in [0.1, 0.15) is 11.4 Å². The Morgan fingerprint density at radius 2 is 1.72 bits per heavy atom. The van der Waals surface area contributed by atoms with Gasteiger partial charge in [-0.2, -0.15) is 5.11 Å². The van der Waals surface area contributed by atoms with Gasteiger partial charge in [0.15, 0.2) is 5.76 Å². The van der Waals surface area contributed by atoms with Gasteiger partial charge in [0.05, 0.1) is 17.9 Å². The van der Waals surface area contributed by atoms with Gasteiger partial charge in [0.2, 0.25) is 0 Å². The van der Waals surface area contributed by atoms with Crippen molar-refractivity contribution < 1.29 is 9.21 Å². The average Bonchev–Trinajstić information content (AvgIpc) is 3.25. The molecule has 2 aromatic heterocycles. The highest BCUT2D eigenvalue weighted by Gasteiger charge is 2.14. The lowest BCUT2D eigenvalue weighted by atomic mass is 10.2. The lowest BCUT2D eigenvalue weighted by Crippen LogP contribution is -2.18. The third-order valence-electron chi connectivity index (χ3n) is 4.82. The van der Waals surface area contributed by atoms with E-state index in [1.165, 1.54) is 10.6 Å². The maximum Gasteiger partial charge on any atom is 0.291 e. The molecule has 0 aliphatic carbocycles. The fourth-order valence-corrected chi connectivity index (χ4v) is 3.08. The fraction of sp³-hybridized carbons (Fsp3) is 0.120. The lowest BCUT2D eigenvalue weighted by Gasteiger charge is -2.07. The number of aryl methyl sites for hydroxylation is 2. The van der Waals surface area contributed by atoms with Gasteiger partial charge in [0.25, 0.3) is 11.5 Å². The molecule has 0 unspecified atom stereocenters. The van der Waals surface area contributed by atoms with Crippen molar-refractivity contribution in [2.75, 3.05) is 5.32 Å². The molecule has 0 fully saturated rings. The Morgan fingerprint density at radius 1 is 0.938 bits per heavy atom. The predicted octanol–water partition coefficient (Wildman–Crippen LogP) is 5.77. The van der Waals surface area contributed by atoms with Crippen LogP contribution in [0.15, 0.2) is 98.4 Å². The van der Waals surface area contributed by atoms with Crippen LogP contribution in [0.4, 0.5) is 17.1 Å². The van der Waals surface area contributed by atoms with Crippen LogP contribution in [0.5, 0.6) is 0 Å². The molecule has 4 aromatic rings. The van der Waals surface area contributed by atoms with Crippen molar-refractivity contribution >= 4 is 23.0 Å². The van der Waals surface area contributed by atoms with E-state index in [0.29, 0.717) is 17.1 Å². The van der Waals surface area contributed by atoms with E-state index in [2.05, 4.69) is 15.5 Å². The SMILES string of the molecule is Cc1ccc(N=Nc2cc(C)ccc2NC(=O)c2ccc(Cn3ccccc3=O)o2)cc1. The van der Waals surface area contributed by atoms with Crippen LogP contribution < -0.4 is 10.9 Å². The number of anilines is 1. The molecule has 32 heavy (non-hydrogen) atoms. The molecule has 0 spiro atoms. The minimum atomic E-state index is -0.410. The number of rotatable bonds is 6. The van der Waals surface area contributed by atoms with Crippen LogP contribution in [0.1, 0.15) is 27.4 Å². The molecule has 0 aliphatic heterocycles. The van der Waals surface area contributed by atoms with Crippen LogP contribution in [-0.2, 0) is 6.54 Å². The monoisotopic (exact) mass is 426 g/mol. The number of furan rings is 1. The van der Waals surface area contributed by atoms with Crippen molar-refractivity contribution in [1.29, 1.82) is 0 Å². The molecule has 4 rings (SSSR count). The molecule has 0 aliphatic rings. The molecule has 0 saturated carbocycles. The first-order chi connectivity index (χ1) is 15.5. The van der Waals surface area contributed by atoms with Crippen molar-refractivity contribution in [1.82, 2.24) is 4.57 Å². The van der Waals surface area contributed by atoms with E-state index in [1.807, 2.05) is 50.2 Å². The van der Waals surface area contributed by atoms with Crippen molar-refractivity contribution in [2.24, 2.45) is 10.2 Å². The van der Waals surface area contributed by atoms with Crippen LogP contribution >= 0.6 is 0 Å². The number of amides is 1. The molecule has 0 saturated heterocycles. The molecule has 1 N–H and O–H groups in total. The molecular weight excluding hydrogens is 404 g/mol. The molecule has 7 heteroatoms. The summed E-state index contributed by atoms with van der Waals surface area (Å²) in [6.07, 6.45) is 1.67. The summed E-state index contributed by atoms with van der Waals surface area (Å²) < 4.78 is 7.16. The molecule has 0 bridgehead atoms. The Kier molecular flexibility index (Phi) is 6.07. The number of aromatic nitrogens is 1. The second-order valence-corrected chi connectivity index (χ2v) is 7.44. The summed E-state index contributed by atoms with van der Waals surface area (Å²) in [7, 11) is 0. The van der Waals surface area contributed by atoms with E-state index in [0.717, 1.165) is 16.8 Å². The van der Waals surface area contributed by atoms with Crippen molar-refractivity contribution in [3.63, 3.8) is 0 Å². The van der Waals surface area contributed by atoms with E-state index in [-0.39, 0.29) is 17.9 Å². The van der Waals surface area contributed by atoms with Gasteiger partial charge < -0.3 is 14.3 Å². The number of benzene rings is 2. The molecule has 0 atom stereocenters. The third-order valence-corrected chi connectivity index (χ3v) is 4.82. The quantitative estimate of drug-likeness (QED) is 0.397. The Labute approximate surface area is 185 Å². The highest BCUT2D eigenvalue weighted by atomic mass is 16.4. The van der Waals surface area contributed by atoms with E-state index in [4.69, 9.17) is 4.42 Å². The minimum absolute atomic E-state index is 0.141. The Morgan fingerprint density at radius 3 is 2.50 bits per heavy atom. The van der Waals surface area contributed by atoms with Crippen LogP contribution in [-0.4, -0.2) is 10.5 Å². The van der Waals surface area contributed by atoms with Gasteiger partial charge in [-0.3, -0.25) is 9.59 Å². The normalized spacial score (nSPS) is 11.1. The zero-order valence-corrected chi connectivity index (χ0v) is 17.8. The zero-order chi connectivity index (χ0) is 22.5. The summed E-state index contributed by atoms with van der Waals surface area (Å²) in [5.74, 6) is 0.241. The molecule has 7 nitrogen and oxygen atoms in total. The Bertz CT molecular complexity index is 1330. The van der Waals surface area contributed by atoms with Crippen LogP contribution in [0.2, 0.25) is 0 Å². The second kappa shape index (κ2) is 9.26. The average molecular weight is 426 g/mol. The van der Waals surface area contributed by atoms with Gasteiger partial charge >= 0.3 is 0 Å². The number of nitrogens with one attached hydrogen (secondary N) is 1. The van der Waals surface area contributed by atoms with E-state index in [9.17, 15) is 9.59 Å². The first-order valence-electron chi connectivity index (χ1n) is 10.1. The number of pyridine rings is 1. The van der Waals surface area contributed by atoms with Gasteiger partial charge in [0, 0.05) is 12.3 Å². The summed E-state index contributed by atoms with van der Waals surface area (Å²) in [6.45, 7) is 4.20. The minimum Gasteiger partial charge on any atom is -0.454 e.